The lowest BCUT2D eigenvalue weighted by Gasteiger charge is -2.17. The Morgan fingerprint density at radius 3 is 2.67 bits per heavy atom. The van der Waals surface area contributed by atoms with Crippen LogP contribution in [0, 0.1) is 0 Å². The van der Waals surface area contributed by atoms with Crippen LogP contribution < -0.4 is 0 Å². The van der Waals surface area contributed by atoms with E-state index in [0.29, 0.717) is 18.7 Å². The molecule has 0 saturated heterocycles. The molecule has 1 heterocycles. The number of para-hydroxylation sites is 1. The maximum absolute atomic E-state index is 11.9. The third-order valence-corrected chi connectivity index (χ3v) is 2.78. The van der Waals surface area contributed by atoms with Crippen LogP contribution in [-0.2, 0) is 6.54 Å². The van der Waals surface area contributed by atoms with Crippen molar-refractivity contribution in [1.29, 1.82) is 0 Å². The zero-order chi connectivity index (χ0) is 13.3. The first-order valence-corrected chi connectivity index (χ1v) is 6.13. The Bertz CT molecular complexity index is 579. The standard InChI is InChI=1S/C14H18N2O2/c1-4-12(17)13-10-7-5-6-8-11(10)16(15-13)9-14(2,3)18/h5-8,18H,4,9H2,1-3H3. The predicted octanol–water partition coefficient (Wildman–Crippen LogP) is 2.40. The van der Waals surface area contributed by atoms with E-state index in [2.05, 4.69) is 5.10 Å². The maximum Gasteiger partial charge on any atom is 0.183 e. The molecule has 0 unspecified atom stereocenters. The van der Waals surface area contributed by atoms with E-state index in [0.717, 1.165) is 10.9 Å². The van der Waals surface area contributed by atoms with Crippen molar-refractivity contribution in [2.45, 2.75) is 39.3 Å². The van der Waals surface area contributed by atoms with Crippen LogP contribution in [0.4, 0.5) is 0 Å². The second-order valence-electron chi connectivity index (χ2n) is 5.11. The van der Waals surface area contributed by atoms with Gasteiger partial charge in [0.25, 0.3) is 0 Å². The molecule has 1 aromatic carbocycles. The molecule has 1 N–H and O–H groups in total. The molecule has 0 radical (unpaired) electrons. The van der Waals surface area contributed by atoms with Crippen LogP contribution >= 0.6 is 0 Å². The van der Waals surface area contributed by atoms with E-state index in [1.807, 2.05) is 31.2 Å². The second-order valence-corrected chi connectivity index (χ2v) is 5.11. The molecule has 2 rings (SSSR count). The number of carbonyl (C=O) groups excluding carboxylic acids is 1. The summed E-state index contributed by atoms with van der Waals surface area (Å²) in [5, 5.41) is 15.1. The van der Waals surface area contributed by atoms with E-state index in [1.165, 1.54) is 0 Å². The summed E-state index contributed by atoms with van der Waals surface area (Å²) in [6.07, 6.45) is 0.434. The van der Waals surface area contributed by atoms with Crippen molar-refractivity contribution in [2.24, 2.45) is 0 Å². The number of Topliss-reactive ketones (excluding diaryl/α,β-unsaturated/α-hetero) is 1. The van der Waals surface area contributed by atoms with Crippen molar-refractivity contribution in [3.8, 4) is 0 Å². The van der Waals surface area contributed by atoms with E-state index in [1.54, 1.807) is 18.5 Å². The Kier molecular flexibility index (Phi) is 3.22. The Labute approximate surface area is 106 Å². The lowest BCUT2D eigenvalue weighted by atomic mass is 10.1. The van der Waals surface area contributed by atoms with Crippen LogP contribution in [0.25, 0.3) is 10.9 Å². The number of fused-ring (bicyclic) bond motifs is 1. The fourth-order valence-corrected chi connectivity index (χ4v) is 1.99. The van der Waals surface area contributed by atoms with Crippen LogP contribution in [0.5, 0.6) is 0 Å². The largest absolute Gasteiger partial charge is 0.389 e. The number of carbonyl (C=O) groups is 1. The Hall–Kier alpha value is -1.68. The van der Waals surface area contributed by atoms with E-state index >= 15 is 0 Å². The number of hydrogen-bond donors (Lipinski definition) is 1. The number of rotatable bonds is 4. The summed E-state index contributed by atoms with van der Waals surface area (Å²) in [6, 6.07) is 7.61. The molecule has 1 aromatic heterocycles. The number of aliphatic hydroxyl groups is 1. The summed E-state index contributed by atoms with van der Waals surface area (Å²) < 4.78 is 1.71. The van der Waals surface area contributed by atoms with Gasteiger partial charge in [0.05, 0.1) is 17.7 Å². The predicted molar refractivity (Wildman–Crippen MR) is 70.7 cm³/mol. The van der Waals surface area contributed by atoms with Crippen LogP contribution in [0.15, 0.2) is 24.3 Å². The average Bonchev–Trinajstić information content (AvgIpc) is 2.65. The van der Waals surface area contributed by atoms with Gasteiger partial charge in [-0.05, 0) is 19.9 Å². The van der Waals surface area contributed by atoms with Gasteiger partial charge in [-0.1, -0.05) is 25.1 Å². The molecule has 0 fully saturated rings. The van der Waals surface area contributed by atoms with E-state index in [9.17, 15) is 9.90 Å². The minimum atomic E-state index is -0.860. The Balaban J connectivity index is 2.58. The summed E-state index contributed by atoms with van der Waals surface area (Å²) in [5.41, 5.74) is 0.523. The first kappa shape index (κ1) is 12.8. The minimum Gasteiger partial charge on any atom is -0.389 e. The van der Waals surface area contributed by atoms with Crippen molar-refractivity contribution in [3.05, 3.63) is 30.0 Å². The normalized spacial score (nSPS) is 12.0. The molecule has 0 aliphatic carbocycles. The van der Waals surface area contributed by atoms with E-state index in [4.69, 9.17) is 0 Å². The first-order chi connectivity index (χ1) is 8.42. The molecular weight excluding hydrogens is 228 g/mol. The molecule has 4 nitrogen and oxygen atoms in total. The number of hydrogen-bond acceptors (Lipinski definition) is 3. The van der Waals surface area contributed by atoms with Crippen molar-refractivity contribution in [2.75, 3.05) is 0 Å². The molecule has 0 aliphatic heterocycles. The molecular formula is C14H18N2O2. The highest BCUT2D eigenvalue weighted by atomic mass is 16.3. The van der Waals surface area contributed by atoms with Gasteiger partial charge in [-0.2, -0.15) is 5.10 Å². The van der Waals surface area contributed by atoms with Gasteiger partial charge < -0.3 is 5.11 Å². The van der Waals surface area contributed by atoms with Crippen LogP contribution in [-0.4, -0.2) is 26.3 Å². The third-order valence-electron chi connectivity index (χ3n) is 2.78. The minimum absolute atomic E-state index is 0.0284. The van der Waals surface area contributed by atoms with E-state index < -0.39 is 5.60 Å². The van der Waals surface area contributed by atoms with Gasteiger partial charge in [-0.15, -0.1) is 0 Å². The van der Waals surface area contributed by atoms with Crippen LogP contribution in [0.1, 0.15) is 37.7 Å². The second kappa shape index (κ2) is 4.53. The number of ketones is 1. The maximum atomic E-state index is 11.9. The summed E-state index contributed by atoms with van der Waals surface area (Å²) in [6.45, 7) is 5.64. The van der Waals surface area contributed by atoms with Crippen molar-refractivity contribution >= 4 is 16.7 Å². The molecule has 0 bridgehead atoms. The topological polar surface area (TPSA) is 55.1 Å². The van der Waals surface area contributed by atoms with Gasteiger partial charge in [0.1, 0.15) is 5.69 Å². The van der Waals surface area contributed by atoms with Gasteiger partial charge in [-0.3, -0.25) is 9.48 Å². The summed E-state index contributed by atoms with van der Waals surface area (Å²) in [5.74, 6) is 0.0284. The SMILES string of the molecule is CCC(=O)c1nn(CC(C)(C)O)c2ccccc12. The summed E-state index contributed by atoms with van der Waals surface area (Å²) >= 11 is 0. The lowest BCUT2D eigenvalue weighted by Crippen LogP contribution is -2.26. The van der Waals surface area contributed by atoms with Crippen molar-refractivity contribution in [1.82, 2.24) is 9.78 Å². The zero-order valence-electron chi connectivity index (χ0n) is 11.0. The van der Waals surface area contributed by atoms with Crippen LogP contribution in [0.2, 0.25) is 0 Å². The quantitative estimate of drug-likeness (QED) is 0.843. The van der Waals surface area contributed by atoms with Gasteiger partial charge in [-0.25, -0.2) is 0 Å². The zero-order valence-corrected chi connectivity index (χ0v) is 11.0. The molecule has 0 atom stereocenters. The fraction of sp³-hybridized carbons (Fsp3) is 0.429. The van der Waals surface area contributed by atoms with Crippen molar-refractivity contribution in [3.63, 3.8) is 0 Å². The Morgan fingerprint density at radius 2 is 2.06 bits per heavy atom. The number of aromatic nitrogens is 2. The molecule has 96 valence electrons. The monoisotopic (exact) mass is 246 g/mol. The molecule has 4 heteroatoms. The highest BCUT2D eigenvalue weighted by Crippen LogP contribution is 2.21. The molecule has 18 heavy (non-hydrogen) atoms. The smallest absolute Gasteiger partial charge is 0.183 e. The highest BCUT2D eigenvalue weighted by Gasteiger charge is 2.20. The van der Waals surface area contributed by atoms with Gasteiger partial charge in [0.15, 0.2) is 5.78 Å². The molecule has 0 aliphatic rings. The van der Waals surface area contributed by atoms with Gasteiger partial charge >= 0.3 is 0 Å². The number of benzene rings is 1. The number of nitrogens with zero attached hydrogens (tertiary/aromatic N) is 2. The lowest BCUT2D eigenvalue weighted by molar-refractivity contribution is 0.0588. The van der Waals surface area contributed by atoms with E-state index in [-0.39, 0.29) is 5.78 Å². The fourth-order valence-electron chi connectivity index (χ4n) is 1.99. The first-order valence-electron chi connectivity index (χ1n) is 6.13. The summed E-state index contributed by atoms with van der Waals surface area (Å²) in [4.78, 5) is 11.9. The molecule has 2 aromatic rings. The summed E-state index contributed by atoms with van der Waals surface area (Å²) in [7, 11) is 0. The molecule has 0 amide bonds. The average molecular weight is 246 g/mol. The molecule has 0 spiro atoms. The Morgan fingerprint density at radius 1 is 1.39 bits per heavy atom. The van der Waals surface area contributed by atoms with Crippen LogP contribution in [0.3, 0.4) is 0 Å². The third kappa shape index (κ3) is 2.43. The van der Waals surface area contributed by atoms with Gasteiger partial charge in [0.2, 0.25) is 0 Å². The molecule has 0 saturated carbocycles. The van der Waals surface area contributed by atoms with Crippen molar-refractivity contribution < 1.29 is 9.90 Å². The van der Waals surface area contributed by atoms with Gasteiger partial charge in [0, 0.05) is 11.8 Å². The highest BCUT2D eigenvalue weighted by molar-refractivity contribution is 6.05.